The molecule has 19 heavy (non-hydrogen) atoms. The molecule has 0 spiro atoms. The summed E-state index contributed by atoms with van der Waals surface area (Å²) in [6, 6.07) is -0.0791. The maximum atomic E-state index is 11.8. The van der Waals surface area contributed by atoms with E-state index in [1.807, 2.05) is 6.92 Å². The summed E-state index contributed by atoms with van der Waals surface area (Å²) >= 11 is 0. The predicted octanol–water partition coefficient (Wildman–Crippen LogP) is 1.16. The number of piperidine rings is 1. The Hall–Kier alpha value is -1.56. The molecule has 0 aromatic rings. The first-order valence-corrected chi connectivity index (χ1v) is 6.35. The highest BCUT2D eigenvalue weighted by atomic mass is 16.7. The molecular formula is C13H19NO5. The van der Waals surface area contributed by atoms with E-state index >= 15 is 0 Å². The zero-order valence-electron chi connectivity index (χ0n) is 11.5. The van der Waals surface area contributed by atoms with E-state index in [0.717, 1.165) is 19.3 Å². The van der Waals surface area contributed by atoms with Gasteiger partial charge in [-0.3, -0.25) is 4.79 Å². The average molecular weight is 269 g/mol. The van der Waals surface area contributed by atoms with Crippen LogP contribution in [0.4, 0.5) is 0 Å². The molecule has 2 rings (SSSR count). The summed E-state index contributed by atoms with van der Waals surface area (Å²) in [6.07, 6.45) is 4.25. The summed E-state index contributed by atoms with van der Waals surface area (Å²) in [4.78, 5) is 28.7. The lowest BCUT2D eigenvalue weighted by Crippen LogP contribution is -2.53. The van der Waals surface area contributed by atoms with Gasteiger partial charge in [-0.05, 0) is 26.2 Å². The van der Waals surface area contributed by atoms with Crippen molar-refractivity contribution >= 4 is 11.9 Å². The number of nitrogens with zero attached hydrogens (tertiary/aromatic N) is 1. The monoisotopic (exact) mass is 269 g/mol. The summed E-state index contributed by atoms with van der Waals surface area (Å²) < 4.78 is 9.48. The van der Waals surface area contributed by atoms with Gasteiger partial charge in [0.2, 0.25) is 0 Å². The first-order valence-electron chi connectivity index (χ1n) is 6.35. The molecule has 6 nitrogen and oxygen atoms in total. The normalized spacial score (nSPS) is 30.1. The number of fused-ring (bicyclic) bond motifs is 1. The number of methoxy groups -OCH3 is 2. The number of esters is 2. The van der Waals surface area contributed by atoms with Gasteiger partial charge in [0.15, 0.2) is 0 Å². The van der Waals surface area contributed by atoms with Crippen molar-refractivity contribution in [1.29, 1.82) is 0 Å². The highest BCUT2D eigenvalue weighted by Gasteiger charge is 2.51. The molecule has 1 saturated heterocycles. The second-order valence-electron chi connectivity index (χ2n) is 5.05. The maximum absolute atomic E-state index is 11.8. The van der Waals surface area contributed by atoms with Crippen LogP contribution in [0.2, 0.25) is 0 Å². The second-order valence-corrected chi connectivity index (χ2v) is 5.05. The summed E-state index contributed by atoms with van der Waals surface area (Å²) in [7, 11) is 2.72. The fraction of sp³-hybridized carbons (Fsp3) is 0.692. The number of rotatable bonds is 3. The Morgan fingerprint density at radius 3 is 2.84 bits per heavy atom. The van der Waals surface area contributed by atoms with Crippen molar-refractivity contribution in [3.63, 3.8) is 0 Å². The predicted molar refractivity (Wildman–Crippen MR) is 65.7 cm³/mol. The van der Waals surface area contributed by atoms with E-state index in [1.165, 1.54) is 20.5 Å². The molecule has 0 aromatic heterocycles. The Morgan fingerprint density at radius 2 is 2.21 bits per heavy atom. The molecule has 0 aromatic carbocycles. The van der Waals surface area contributed by atoms with Crippen molar-refractivity contribution in [2.75, 3.05) is 14.2 Å². The quantitative estimate of drug-likeness (QED) is 0.716. The third-order valence-electron chi connectivity index (χ3n) is 3.92. The molecule has 106 valence electrons. The molecule has 2 aliphatic rings. The number of hydrogen-bond acceptors (Lipinski definition) is 6. The lowest BCUT2D eigenvalue weighted by Gasteiger charge is -2.43. The van der Waals surface area contributed by atoms with Crippen LogP contribution < -0.4 is 0 Å². The molecule has 0 bridgehead atoms. The van der Waals surface area contributed by atoms with Crippen molar-refractivity contribution in [3.05, 3.63) is 11.8 Å². The van der Waals surface area contributed by atoms with Gasteiger partial charge >= 0.3 is 11.9 Å². The van der Waals surface area contributed by atoms with Crippen molar-refractivity contribution < 1.29 is 23.9 Å². The standard InChI is InChI=1S/C13H19NO5/c1-13-6-4-5-9(7-11(15)17-2)14(13)19-8-10(13)12(16)18-3/h8-9H,4-7H2,1-3H3/t9-,13-/m0/s1. The third-order valence-corrected chi connectivity index (χ3v) is 3.92. The minimum Gasteiger partial charge on any atom is -0.469 e. The lowest BCUT2D eigenvalue weighted by molar-refractivity contribution is -0.194. The summed E-state index contributed by atoms with van der Waals surface area (Å²) in [5, 5.41) is 1.74. The Labute approximate surface area is 112 Å². The molecule has 0 saturated carbocycles. The van der Waals surface area contributed by atoms with Crippen molar-refractivity contribution in [2.24, 2.45) is 0 Å². The zero-order chi connectivity index (χ0) is 14.0. The Morgan fingerprint density at radius 1 is 1.47 bits per heavy atom. The highest BCUT2D eigenvalue weighted by molar-refractivity contribution is 5.91. The van der Waals surface area contributed by atoms with Gasteiger partial charge in [-0.2, -0.15) is 0 Å². The van der Waals surface area contributed by atoms with Crippen LogP contribution in [0.3, 0.4) is 0 Å². The van der Waals surface area contributed by atoms with Gasteiger partial charge in [0.25, 0.3) is 0 Å². The van der Waals surface area contributed by atoms with Gasteiger partial charge in [-0.25, -0.2) is 4.79 Å². The molecule has 2 aliphatic heterocycles. The number of hydroxylamine groups is 2. The van der Waals surface area contributed by atoms with E-state index in [0.29, 0.717) is 5.57 Å². The molecule has 1 fully saturated rings. The van der Waals surface area contributed by atoms with Gasteiger partial charge < -0.3 is 14.3 Å². The van der Waals surface area contributed by atoms with Gasteiger partial charge in [-0.15, -0.1) is 5.06 Å². The molecule has 0 amide bonds. The van der Waals surface area contributed by atoms with Crippen LogP contribution in [-0.4, -0.2) is 42.8 Å². The van der Waals surface area contributed by atoms with Crippen LogP contribution in [0.1, 0.15) is 32.6 Å². The fourth-order valence-corrected chi connectivity index (χ4v) is 2.84. The number of carbonyl (C=O) groups excluding carboxylic acids is 2. The highest BCUT2D eigenvalue weighted by Crippen LogP contribution is 2.43. The zero-order valence-corrected chi connectivity index (χ0v) is 11.5. The van der Waals surface area contributed by atoms with Gasteiger partial charge in [0.05, 0.1) is 37.8 Å². The van der Waals surface area contributed by atoms with Crippen LogP contribution >= 0.6 is 0 Å². The minimum atomic E-state index is -0.524. The summed E-state index contributed by atoms with van der Waals surface area (Å²) in [6.45, 7) is 1.94. The summed E-state index contributed by atoms with van der Waals surface area (Å²) in [5.74, 6) is -0.659. The van der Waals surface area contributed by atoms with Gasteiger partial charge in [-0.1, -0.05) is 0 Å². The van der Waals surface area contributed by atoms with E-state index in [9.17, 15) is 9.59 Å². The van der Waals surface area contributed by atoms with Crippen LogP contribution in [0.25, 0.3) is 0 Å². The first-order chi connectivity index (χ1) is 9.02. The van der Waals surface area contributed by atoms with Gasteiger partial charge in [0.1, 0.15) is 6.26 Å². The smallest absolute Gasteiger partial charge is 0.338 e. The van der Waals surface area contributed by atoms with E-state index in [4.69, 9.17) is 14.3 Å². The van der Waals surface area contributed by atoms with Gasteiger partial charge in [0, 0.05) is 0 Å². The summed E-state index contributed by atoms with van der Waals surface area (Å²) in [5.41, 5.74) is -0.0196. The first kappa shape index (κ1) is 13.9. The molecule has 0 aliphatic carbocycles. The molecule has 2 heterocycles. The Bertz CT molecular complexity index is 419. The van der Waals surface area contributed by atoms with Crippen LogP contribution in [0.5, 0.6) is 0 Å². The Kier molecular flexibility index (Phi) is 3.80. The lowest BCUT2D eigenvalue weighted by atomic mass is 9.81. The Balaban J connectivity index is 2.16. The molecule has 0 unspecified atom stereocenters. The van der Waals surface area contributed by atoms with Crippen LogP contribution in [0, 0.1) is 0 Å². The van der Waals surface area contributed by atoms with E-state index in [2.05, 4.69) is 0 Å². The molecular weight excluding hydrogens is 250 g/mol. The maximum Gasteiger partial charge on any atom is 0.338 e. The fourth-order valence-electron chi connectivity index (χ4n) is 2.84. The van der Waals surface area contributed by atoms with E-state index < -0.39 is 5.54 Å². The number of ether oxygens (including phenoxy) is 2. The van der Waals surface area contributed by atoms with E-state index in [1.54, 1.807) is 5.06 Å². The SMILES string of the molecule is COC(=O)C[C@@H]1CCC[C@@]2(C)C(C(=O)OC)=CON12. The average Bonchev–Trinajstić information content (AvgIpc) is 2.76. The minimum absolute atomic E-state index is 0.0791. The van der Waals surface area contributed by atoms with Crippen LogP contribution in [0.15, 0.2) is 11.8 Å². The molecule has 0 N–H and O–H groups in total. The number of carbonyl (C=O) groups is 2. The van der Waals surface area contributed by atoms with E-state index in [-0.39, 0.29) is 24.4 Å². The van der Waals surface area contributed by atoms with Crippen molar-refractivity contribution in [3.8, 4) is 0 Å². The van der Waals surface area contributed by atoms with Crippen molar-refractivity contribution in [1.82, 2.24) is 5.06 Å². The van der Waals surface area contributed by atoms with Crippen molar-refractivity contribution in [2.45, 2.75) is 44.2 Å². The third kappa shape index (κ3) is 2.32. The number of hydrogen-bond donors (Lipinski definition) is 0. The second kappa shape index (κ2) is 5.21. The van der Waals surface area contributed by atoms with Crippen LogP contribution in [-0.2, 0) is 23.9 Å². The topological polar surface area (TPSA) is 65.1 Å². The molecule has 0 radical (unpaired) electrons. The molecule has 6 heteroatoms. The largest absolute Gasteiger partial charge is 0.469 e. The molecule has 2 atom stereocenters.